The smallest absolute Gasteiger partial charge is 0.311 e. The predicted octanol–water partition coefficient (Wildman–Crippen LogP) is 2.99. The average molecular weight is 787 g/mol. The van der Waals surface area contributed by atoms with Crippen LogP contribution in [0.4, 0.5) is 0 Å². The number of nitriles is 1. The van der Waals surface area contributed by atoms with Crippen molar-refractivity contribution in [3.63, 3.8) is 0 Å². The third-order valence-corrected chi connectivity index (χ3v) is 12.6. The standard InChI is InChI=1S/C40H70N2O13/c1-15-28-40(10,47)33(44)23(4)30(43)21(2)19-39(9,49-14)35(55-37-32(50-17-16-41)27(42(11)12)18-22(3)51-37)24(5)31(25(6)36(46)53-28)54-29-20-38(8,48-13)34(45)26(7)52-29/h21-29,31-35,37,44-45,47H,15,17-20H2,1-14H3/t21-,22-,23+,24+,25-,26+,27+,28-,29+,31+,32-,33-,34+,35-,37+,38-,39+,40-/m1/s1. The number of ether oxygens (including phenoxy) is 8. The van der Waals surface area contributed by atoms with E-state index >= 15 is 0 Å². The first-order valence-corrected chi connectivity index (χ1v) is 19.7. The molecule has 318 valence electrons. The largest absolute Gasteiger partial charge is 0.459 e. The number of likely N-dealkylation sites (N-methyl/N-ethyl adjacent to an activating group) is 1. The zero-order valence-electron chi connectivity index (χ0n) is 35.5. The van der Waals surface area contributed by atoms with E-state index < -0.39 is 102 Å². The van der Waals surface area contributed by atoms with E-state index in [1.807, 2.05) is 39.8 Å². The van der Waals surface area contributed by atoms with Gasteiger partial charge in [-0.25, -0.2) is 0 Å². The molecule has 3 rings (SSSR count). The van der Waals surface area contributed by atoms with E-state index in [1.165, 1.54) is 21.1 Å². The van der Waals surface area contributed by atoms with E-state index in [0.29, 0.717) is 6.42 Å². The van der Waals surface area contributed by atoms with Gasteiger partial charge in [0.2, 0.25) is 0 Å². The minimum Gasteiger partial charge on any atom is -0.459 e. The Morgan fingerprint density at radius 2 is 1.51 bits per heavy atom. The van der Waals surface area contributed by atoms with Crippen LogP contribution in [-0.4, -0.2) is 151 Å². The second kappa shape index (κ2) is 19.3. The summed E-state index contributed by atoms with van der Waals surface area (Å²) >= 11 is 0. The number of Topliss-reactive ketones (excluding diaryl/α,β-unsaturated/α-hetero) is 1. The summed E-state index contributed by atoms with van der Waals surface area (Å²) in [5, 5.41) is 43.7. The van der Waals surface area contributed by atoms with Gasteiger partial charge in [-0.05, 0) is 74.9 Å². The van der Waals surface area contributed by atoms with E-state index in [1.54, 1.807) is 41.5 Å². The van der Waals surface area contributed by atoms with E-state index in [9.17, 15) is 30.2 Å². The Balaban J connectivity index is 2.26. The summed E-state index contributed by atoms with van der Waals surface area (Å²) in [6.07, 6.45) is -8.35. The lowest BCUT2D eigenvalue weighted by Crippen LogP contribution is -2.62. The van der Waals surface area contributed by atoms with E-state index in [2.05, 4.69) is 6.07 Å². The Morgan fingerprint density at radius 3 is 2.05 bits per heavy atom. The molecule has 0 aromatic carbocycles. The number of aliphatic hydroxyl groups excluding tert-OH is 2. The molecule has 15 nitrogen and oxygen atoms in total. The molecule has 3 N–H and O–H groups in total. The minimum atomic E-state index is -1.98. The van der Waals surface area contributed by atoms with Crippen LogP contribution in [0.2, 0.25) is 0 Å². The van der Waals surface area contributed by atoms with Crippen LogP contribution in [0.15, 0.2) is 0 Å². The molecule has 0 bridgehead atoms. The van der Waals surface area contributed by atoms with Gasteiger partial charge in [-0.1, -0.05) is 27.7 Å². The number of methoxy groups -OCH3 is 2. The number of hydrogen-bond donors (Lipinski definition) is 3. The van der Waals surface area contributed by atoms with Gasteiger partial charge in [-0.3, -0.25) is 9.59 Å². The van der Waals surface area contributed by atoms with Crippen LogP contribution in [0.25, 0.3) is 0 Å². The van der Waals surface area contributed by atoms with Crippen LogP contribution in [0.5, 0.6) is 0 Å². The minimum absolute atomic E-state index is 0.104. The lowest BCUT2D eigenvalue weighted by molar-refractivity contribution is -0.322. The van der Waals surface area contributed by atoms with Crippen molar-refractivity contribution in [1.82, 2.24) is 4.90 Å². The monoisotopic (exact) mass is 786 g/mol. The van der Waals surface area contributed by atoms with Crippen molar-refractivity contribution in [2.45, 2.75) is 179 Å². The van der Waals surface area contributed by atoms with E-state index in [0.717, 1.165) is 0 Å². The van der Waals surface area contributed by atoms with E-state index in [-0.39, 0.29) is 43.8 Å². The summed E-state index contributed by atoms with van der Waals surface area (Å²) in [6, 6.07) is 1.86. The molecule has 55 heavy (non-hydrogen) atoms. The fraction of sp³-hybridized carbons (Fsp3) is 0.925. The second-order valence-electron chi connectivity index (χ2n) is 17.1. The molecule has 0 aromatic heterocycles. The molecule has 15 heteroatoms. The fourth-order valence-corrected chi connectivity index (χ4v) is 8.89. The van der Waals surface area contributed by atoms with Gasteiger partial charge in [0.15, 0.2) is 12.6 Å². The second-order valence-corrected chi connectivity index (χ2v) is 17.1. The number of carbonyl (C=O) groups is 2. The van der Waals surface area contributed by atoms with Crippen molar-refractivity contribution in [2.75, 3.05) is 34.9 Å². The third kappa shape index (κ3) is 10.4. The number of carbonyl (C=O) groups excluding carboxylic acids is 2. The highest BCUT2D eigenvalue weighted by Gasteiger charge is 2.54. The maximum absolute atomic E-state index is 14.3. The molecule has 0 amide bonds. The molecule has 0 spiro atoms. The molecule has 3 heterocycles. The van der Waals surface area contributed by atoms with Gasteiger partial charge in [0, 0.05) is 44.4 Å². The number of esters is 1. The number of cyclic esters (lactones) is 1. The van der Waals surface area contributed by atoms with Gasteiger partial charge < -0.3 is 58.1 Å². The van der Waals surface area contributed by atoms with Crippen LogP contribution in [0, 0.1) is 35.0 Å². The number of hydrogen-bond acceptors (Lipinski definition) is 15. The molecule has 0 aliphatic carbocycles. The lowest BCUT2D eigenvalue weighted by Gasteiger charge is -2.50. The first-order valence-electron chi connectivity index (χ1n) is 19.7. The number of ketones is 1. The number of nitrogens with zero attached hydrogens (tertiary/aromatic N) is 2. The highest BCUT2D eigenvalue weighted by atomic mass is 16.7. The molecule has 3 aliphatic heterocycles. The van der Waals surface area contributed by atoms with Crippen LogP contribution in [-0.2, 0) is 47.5 Å². The summed E-state index contributed by atoms with van der Waals surface area (Å²) < 4.78 is 50.6. The van der Waals surface area contributed by atoms with Gasteiger partial charge in [0.25, 0.3) is 0 Å². The predicted molar refractivity (Wildman–Crippen MR) is 200 cm³/mol. The Bertz CT molecular complexity index is 1310. The summed E-state index contributed by atoms with van der Waals surface area (Å²) in [5.41, 5.74) is -4.28. The van der Waals surface area contributed by atoms with Gasteiger partial charge in [0.1, 0.15) is 36.3 Å². The Morgan fingerprint density at radius 1 is 0.891 bits per heavy atom. The molecule has 18 atom stereocenters. The fourth-order valence-electron chi connectivity index (χ4n) is 8.89. The maximum Gasteiger partial charge on any atom is 0.311 e. The Kier molecular flexibility index (Phi) is 16.7. The molecule has 0 aromatic rings. The number of rotatable bonds is 10. The van der Waals surface area contributed by atoms with Crippen molar-refractivity contribution in [3.05, 3.63) is 0 Å². The Labute approximate surface area is 328 Å². The highest BCUT2D eigenvalue weighted by molar-refractivity contribution is 5.83. The van der Waals surface area contributed by atoms with Gasteiger partial charge in [-0.15, -0.1) is 0 Å². The molecular formula is C40H70N2O13. The van der Waals surface area contributed by atoms with Crippen molar-refractivity contribution >= 4 is 11.8 Å². The SMILES string of the molecule is CC[C@H]1OC(=O)[C@H](C)[C@@H](O[C@H]2C[C@@](C)(OC)[C@@H](O)[C@H](C)O2)[C@H](C)[C@@H](O[C@@H]2O[C@H](C)C[C@H](N(C)C)[C@H]2OCC#N)[C@@](C)(OC)C[C@@H](C)C(=O)[C@H](C)[C@@H](O)[C@]1(C)O. The molecule has 0 unspecified atom stereocenters. The van der Waals surface area contributed by atoms with Gasteiger partial charge in [-0.2, -0.15) is 5.26 Å². The normalized spacial score (nSPS) is 46.8. The van der Waals surface area contributed by atoms with Gasteiger partial charge >= 0.3 is 5.97 Å². The number of aliphatic hydroxyl groups is 3. The van der Waals surface area contributed by atoms with Crippen molar-refractivity contribution < 1.29 is 62.8 Å². The highest BCUT2D eigenvalue weighted by Crippen LogP contribution is 2.42. The summed E-state index contributed by atoms with van der Waals surface area (Å²) in [4.78, 5) is 30.4. The summed E-state index contributed by atoms with van der Waals surface area (Å²) in [6.45, 7) is 16.9. The average Bonchev–Trinajstić information content (AvgIpc) is 3.14. The van der Waals surface area contributed by atoms with Gasteiger partial charge in [0.05, 0.1) is 53.7 Å². The topological polar surface area (TPSA) is 196 Å². The van der Waals surface area contributed by atoms with Crippen LogP contribution in [0.1, 0.15) is 94.9 Å². The zero-order chi connectivity index (χ0) is 41.8. The van der Waals surface area contributed by atoms with E-state index in [4.69, 9.17) is 37.9 Å². The molecule has 3 saturated heterocycles. The molecule has 0 radical (unpaired) electrons. The molecule has 0 saturated carbocycles. The molecule has 3 fully saturated rings. The van der Waals surface area contributed by atoms with Crippen LogP contribution in [0.3, 0.4) is 0 Å². The summed E-state index contributed by atoms with van der Waals surface area (Å²) in [5.74, 6) is -4.53. The lowest BCUT2D eigenvalue weighted by atomic mass is 9.74. The first-order chi connectivity index (χ1) is 25.5. The third-order valence-electron chi connectivity index (χ3n) is 12.6. The molecular weight excluding hydrogens is 716 g/mol. The Hall–Kier alpha value is -1.81. The van der Waals surface area contributed by atoms with Crippen molar-refractivity contribution in [1.29, 1.82) is 5.26 Å². The molecule has 3 aliphatic rings. The quantitative estimate of drug-likeness (QED) is 0.273. The summed E-state index contributed by atoms with van der Waals surface area (Å²) in [7, 11) is 6.85. The van der Waals surface area contributed by atoms with Crippen molar-refractivity contribution in [2.24, 2.45) is 23.7 Å². The van der Waals surface area contributed by atoms with Crippen LogP contribution >= 0.6 is 0 Å². The first kappa shape index (κ1) is 47.6. The zero-order valence-corrected chi connectivity index (χ0v) is 35.5. The maximum atomic E-state index is 14.3. The van der Waals surface area contributed by atoms with Crippen molar-refractivity contribution in [3.8, 4) is 6.07 Å². The van der Waals surface area contributed by atoms with Crippen LogP contribution < -0.4 is 0 Å².